The summed E-state index contributed by atoms with van der Waals surface area (Å²) >= 11 is 0. The molecule has 0 atom stereocenters. The average Bonchev–Trinajstić information content (AvgIpc) is 2.81. The van der Waals surface area contributed by atoms with Gasteiger partial charge in [0.25, 0.3) is 0 Å². The number of halogens is 1. The molecule has 18 heavy (non-hydrogen) atoms. The zero-order valence-corrected chi connectivity index (χ0v) is 10.4. The van der Waals surface area contributed by atoms with Gasteiger partial charge in [-0.05, 0) is 50.4 Å². The van der Waals surface area contributed by atoms with Crippen LogP contribution in [0.2, 0.25) is 0 Å². The maximum Gasteiger partial charge on any atom is 0.125 e. The summed E-state index contributed by atoms with van der Waals surface area (Å²) in [5.41, 5.74) is 8.05. The molecule has 2 rings (SSSR count). The Kier molecular flexibility index (Phi) is 4.04. The van der Waals surface area contributed by atoms with Crippen LogP contribution in [0, 0.1) is 12.7 Å². The Labute approximate surface area is 106 Å². The standard InChI is InChI=1S/C13H17FN4/c1-10-5-6-11(14)8-13(10)18-9-12(16-17-18)4-2-3-7-15/h5-6,8-9H,2-4,7,15H2,1H3. The van der Waals surface area contributed by atoms with Crippen molar-refractivity contribution < 1.29 is 4.39 Å². The fourth-order valence-electron chi connectivity index (χ4n) is 1.81. The number of aromatic nitrogens is 3. The Balaban J connectivity index is 2.16. The van der Waals surface area contributed by atoms with E-state index in [1.807, 2.05) is 13.1 Å². The first-order valence-corrected chi connectivity index (χ1v) is 6.08. The molecule has 4 nitrogen and oxygen atoms in total. The molecule has 0 amide bonds. The lowest BCUT2D eigenvalue weighted by molar-refractivity contribution is 0.624. The minimum atomic E-state index is -0.268. The number of benzene rings is 1. The van der Waals surface area contributed by atoms with Gasteiger partial charge in [0.1, 0.15) is 5.82 Å². The highest BCUT2D eigenvalue weighted by Gasteiger charge is 2.06. The van der Waals surface area contributed by atoms with Crippen LogP contribution in [0.15, 0.2) is 24.4 Å². The number of rotatable bonds is 5. The molecule has 0 aliphatic rings. The van der Waals surface area contributed by atoms with Crippen LogP contribution in [-0.4, -0.2) is 21.5 Å². The van der Waals surface area contributed by atoms with E-state index >= 15 is 0 Å². The van der Waals surface area contributed by atoms with Crippen LogP contribution in [-0.2, 0) is 6.42 Å². The van der Waals surface area contributed by atoms with Gasteiger partial charge in [-0.2, -0.15) is 0 Å². The maximum atomic E-state index is 13.2. The first kappa shape index (κ1) is 12.7. The van der Waals surface area contributed by atoms with E-state index in [1.54, 1.807) is 10.7 Å². The van der Waals surface area contributed by atoms with Crippen molar-refractivity contribution in [2.75, 3.05) is 6.54 Å². The first-order chi connectivity index (χ1) is 8.70. The van der Waals surface area contributed by atoms with Gasteiger partial charge in [0, 0.05) is 0 Å². The number of aryl methyl sites for hydroxylation is 2. The maximum absolute atomic E-state index is 13.2. The smallest absolute Gasteiger partial charge is 0.125 e. The van der Waals surface area contributed by atoms with E-state index in [1.165, 1.54) is 12.1 Å². The van der Waals surface area contributed by atoms with Crippen LogP contribution in [0.4, 0.5) is 4.39 Å². The van der Waals surface area contributed by atoms with Crippen molar-refractivity contribution >= 4 is 0 Å². The molecule has 2 aromatic rings. The van der Waals surface area contributed by atoms with E-state index < -0.39 is 0 Å². The Morgan fingerprint density at radius 1 is 1.33 bits per heavy atom. The third kappa shape index (κ3) is 2.92. The molecule has 0 saturated heterocycles. The molecule has 0 unspecified atom stereocenters. The van der Waals surface area contributed by atoms with Crippen molar-refractivity contribution in [3.8, 4) is 5.69 Å². The quantitative estimate of drug-likeness (QED) is 0.823. The summed E-state index contributed by atoms with van der Waals surface area (Å²) in [5, 5.41) is 8.12. The number of hydrogen-bond donors (Lipinski definition) is 1. The molecule has 0 spiro atoms. The second-order valence-corrected chi connectivity index (χ2v) is 4.33. The molecule has 0 aliphatic heterocycles. The molecular weight excluding hydrogens is 231 g/mol. The zero-order chi connectivity index (χ0) is 13.0. The zero-order valence-electron chi connectivity index (χ0n) is 10.4. The molecule has 1 heterocycles. The molecule has 0 bridgehead atoms. The van der Waals surface area contributed by atoms with E-state index in [0.717, 1.165) is 36.2 Å². The van der Waals surface area contributed by atoms with Crippen LogP contribution in [0.3, 0.4) is 0 Å². The Morgan fingerprint density at radius 3 is 2.94 bits per heavy atom. The van der Waals surface area contributed by atoms with Crippen LogP contribution in [0.25, 0.3) is 5.69 Å². The van der Waals surface area contributed by atoms with Gasteiger partial charge < -0.3 is 5.73 Å². The summed E-state index contributed by atoms with van der Waals surface area (Å²) in [4.78, 5) is 0. The average molecular weight is 248 g/mol. The van der Waals surface area contributed by atoms with Crippen molar-refractivity contribution in [1.82, 2.24) is 15.0 Å². The summed E-state index contributed by atoms with van der Waals surface area (Å²) in [6.07, 6.45) is 4.67. The molecule has 2 N–H and O–H groups in total. The molecule has 1 aromatic carbocycles. The Bertz CT molecular complexity index is 521. The molecule has 0 radical (unpaired) electrons. The molecule has 0 aliphatic carbocycles. The van der Waals surface area contributed by atoms with Crippen LogP contribution < -0.4 is 5.73 Å². The molecule has 0 fully saturated rings. The summed E-state index contributed by atoms with van der Waals surface area (Å²) in [7, 11) is 0. The van der Waals surface area contributed by atoms with Crippen molar-refractivity contribution in [3.63, 3.8) is 0 Å². The van der Waals surface area contributed by atoms with Gasteiger partial charge in [-0.25, -0.2) is 9.07 Å². The van der Waals surface area contributed by atoms with Crippen LogP contribution in [0.1, 0.15) is 24.1 Å². The van der Waals surface area contributed by atoms with E-state index in [2.05, 4.69) is 10.3 Å². The minimum absolute atomic E-state index is 0.268. The monoisotopic (exact) mass is 248 g/mol. The predicted molar refractivity (Wildman–Crippen MR) is 68.0 cm³/mol. The van der Waals surface area contributed by atoms with Crippen molar-refractivity contribution in [1.29, 1.82) is 0 Å². The van der Waals surface area contributed by atoms with Gasteiger partial charge in [-0.3, -0.25) is 0 Å². The van der Waals surface area contributed by atoms with E-state index in [9.17, 15) is 4.39 Å². The van der Waals surface area contributed by atoms with E-state index in [4.69, 9.17) is 5.73 Å². The fourth-order valence-corrected chi connectivity index (χ4v) is 1.81. The highest BCUT2D eigenvalue weighted by molar-refractivity contribution is 5.39. The SMILES string of the molecule is Cc1ccc(F)cc1-n1cc(CCCCN)nn1. The number of unbranched alkanes of at least 4 members (excludes halogenated alkanes) is 1. The summed E-state index contributed by atoms with van der Waals surface area (Å²) in [6.45, 7) is 2.61. The second kappa shape index (κ2) is 5.73. The van der Waals surface area contributed by atoms with Gasteiger partial charge >= 0.3 is 0 Å². The molecule has 96 valence electrons. The number of nitrogens with two attached hydrogens (primary N) is 1. The third-order valence-corrected chi connectivity index (χ3v) is 2.85. The summed E-state index contributed by atoms with van der Waals surface area (Å²) in [6, 6.07) is 4.64. The second-order valence-electron chi connectivity index (χ2n) is 4.33. The van der Waals surface area contributed by atoms with Gasteiger partial charge in [0.15, 0.2) is 0 Å². The lowest BCUT2D eigenvalue weighted by Crippen LogP contribution is -1.99. The third-order valence-electron chi connectivity index (χ3n) is 2.85. The normalized spacial score (nSPS) is 10.8. The minimum Gasteiger partial charge on any atom is -0.330 e. The van der Waals surface area contributed by atoms with Crippen LogP contribution in [0.5, 0.6) is 0 Å². The van der Waals surface area contributed by atoms with E-state index in [0.29, 0.717) is 6.54 Å². The topological polar surface area (TPSA) is 56.7 Å². The van der Waals surface area contributed by atoms with Crippen molar-refractivity contribution in [3.05, 3.63) is 41.5 Å². The van der Waals surface area contributed by atoms with Crippen LogP contribution >= 0.6 is 0 Å². The van der Waals surface area contributed by atoms with Gasteiger partial charge in [-0.15, -0.1) is 5.10 Å². The molecule has 5 heteroatoms. The van der Waals surface area contributed by atoms with Crippen molar-refractivity contribution in [2.45, 2.75) is 26.2 Å². The van der Waals surface area contributed by atoms with E-state index in [-0.39, 0.29) is 5.82 Å². The first-order valence-electron chi connectivity index (χ1n) is 6.08. The molecule has 1 aromatic heterocycles. The Hall–Kier alpha value is -1.75. The Morgan fingerprint density at radius 2 is 2.17 bits per heavy atom. The molecule has 0 saturated carbocycles. The summed E-state index contributed by atoms with van der Waals surface area (Å²) in [5.74, 6) is -0.268. The van der Waals surface area contributed by atoms with Crippen molar-refractivity contribution in [2.24, 2.45) is 5.73 Å². The number of nitrogens with zero attached hydrogens (tertiary/aromatic N) is 3. The fraction of sp³-hybridized carbons (Fsp3) is 0.385. The largest absolute Gasteiger partial charge is 0.330 e. The highest BCUT2D eigenvalue weighted by atomic mass is 19.1. The molecular formula is C13H17FN4. The van der Waals surface area contributed by atoms with Gasteiger partial charge in [0.05, 0.1) is 17.6 Å². The van der Waals surface area contributed by atoms with Gasteiger partial charge in [0.2, 0.25) is 0 Å². The highest BCUT2D eigenvalue weighted by Crippen LogP contribution is 2.15. The number of hydrogen-bond acceptors (Lipinski definition) is 3. The lowest BCUT2D eigenvalue weighted by Gasteiger charge is -2.04. The summed E-state index contributed by atoms with van der Waals surface area (Å²) < 4.78 is 14.8. The lowest BCUT2D eigenvalue weighted by atomic mass is 10.2. The predicted octanol–water partition coefficient (Wildman–Crippen LogP) is 2.00. The van der Waals surface area contributed by atoms with Gasteiger partial charge in [-0.1, -0.05) is 11.3 Å².